The van der Waals surface area contributed by atoms with Gasteiger partial charge in [-0.05, 0) is 31.1 Å². The third kappa shape index (κ3) is 6.78. The van der Waals surface area contributed by atoms with E-state index in [-0.39, 0.29) is 11.9 Å². The van der Waals surface area contributed by atoms with E-state index < -0.39 is 12.0 Å². The molecule has 3 N–H and O–H groups in total. The molecule has 1 aliphatic carbocycles. The number of aliphatic carboxylic acids is 1. The molecule has 0 aliphatic heterocycles. The van der Waals surface area contributed by atoms with Crippen LogP contribution in [0, 0.1) is 11.8 Å². The Morgan fingerprint density at radius 3 is 2.45 bits per heavy atom. The topological polar surface area (TPSA) is 78.4 Å². The Morgan fingerprint density at radius 1 is 1.25 bits per heavy atom. The summed E-state index contributed by atoms with van der Waals surface area (Å²) < 4.78 is 0. The van der Waals surface area contributed by atoms with Crippen molar-refractivity contribution in [2.75, 3.05) is 6.54 Å². The first-order chi connectivity index (χ1) is 9.49. The number of hydrogen-bond donors (Lipinski definition) is 3. The maximum atomic E-state index is 11.6. The van der Waals surface area contributed by atoms with E-state index in [1.54, 1.807) is 0 Å². The van der Waals surface area contributed by atoms with E-state index in [2.05, 4.69) is 10.6 Å². The van der Waals surface area contributed by atoms with Gasteiger partial charge in [0.05, 0.1) is 0 Å². The van der Waals surface area contributed by atoms with E-state index in [1.807, 2.05) is 13.8 Å². The van der Waals surface area contributed by atoms with E-state index in [1.165, 1.54) is 25.7 Å². The summed E-state index contributed by atoms with van der Waals surface area (Å²) in [4.78, 5) is 22.7. The number of rotatable bonds is 8. The molecule has 1 rings (SSSR count). The van der Waals surface area contributed by atoms with Gasteiger partial charge in [-0.2, -0.15) is 0 Å². The highest BCUT2D eigenvalue weighted by Gasteiger charge is 2.20. The average molecular weight is 284 g/mol. The highest BCUT2D eigenvalue weighted by molar-refractivity contribution is 5.82. The summed E-state index contributed by atoms with van der Waals surface area (Å²) in [6.45, 7) is 4.50. The first kappa shape index (κ1) is 16.8. The monoisotopic (exact) mass is 284 g/mol. The quantitative estimate of drug-likeness (QED) is 0.600. The van der Waals surface area contributed by atoms with Crippen molar-refractivity contribution in [3.05, 3.63) is 0 Å². The van der Waals surface area contributed by atoms with Crippen LogP contribution in [0.5, 0.6) is 0 Å². The molecule has 5 heteroatoms. The van der Waals surface area contributed by atoms with E-state index in [0.29, 0.717) is 13.0 Å². The smallest absolute Gasteiger partial charge is 0.326 e. The first-order valence-electron chi connectivity index (χ1n) is 7.76. The normalized spacial score (nSPS) is 17.1. The van der Waals surface area contributed by atoms with Crippen LogP contribution in [0.1, 0.15) is 58.8 Å². The number of hydrogen-bond acceptors (Lipinski definition) is 2. The summed E-state index contributed by atoms with van der Waals surface area (Å²) in [7, 11) is 0. The number of amides is 2. The molecule has 20 heavy (non-hydrogen) atoms. The van der Waals surface area contributed by atoms with Gasteiger partial charge in [0.15, 0.2) is 0 Å². The summed E-state index contributed by atoms with van der Waals surface area (Å²) in [6, 6.07) is -1.17. The molecule has 1 aliphatic rings. The minimum atomic E-state index is -0.972. The molecule has 1 saturated carbocycles. The third-order valence-electron chi connectivity index (χ3n) is 3.86. The molecule has 0 bridgehead atoms. The summed E-state index contributed by atoms with van der Waals surface area (Å²) in [5.74, 6) is 0.0890. The molecule has 0 spiro atoms. The predicted octanol–water partition coefficient (Wildman–Crippen LogP) is 2.76. The first-order valence-corrected chi connectivity index (χ1v) is 7.76. The molecule has 5 nitrogen and oxygen atoms in total. The number of carboxylic acids is 1. The molecule has 0 heterocycles. The van der Waals surface area contributed by atoms with Gasteiger partial charge >= 0.3 is 12.0 Å². The second kappa shape index (κ2) is 8.82. The van der Waals surface area contributed by atoms with Gasteiger partial charge in [0, 0.05) is 6.54 Å². The Morgan fingerprint density at radius 2 is 1.90 bits per heavy atom. The van der Waals surface area contributed by atoms with Gasteiger partial charge in [-0.25, -0.2) is 9.59 Å². The second-order valence-electron chi connectivity index (χ2n) is 6.21. The number of carboxylic acid groups (broad SMARTS) is 1. The molecule has 1 fully saturated rings. The van der Waals surface area contributed by atoms with Crippen LogP contribution in [-0.4, -0.2) is 29.7 Å². The van der Waals surface area contributed by atoms with Crippen LogP contribution in [0.2, 0.25) is 0 Å². The Bertz CT molecular complexity index is 312. The van der Waals surface area contributed by atoms with Crippen molar-refractivity contribution in [1.29, 1.82) is 0 Å². The van der Waals surface area contributed by atoms with Crippen molar-refractivity contribution >= 4 is 12.0 Å². The van der Waals surface area contributed by atoms with Crippen LogP contribution in [0.15, 0.2) is 0 Å². The Kier molecular flexibility index (Phi) is 7.41. The summed E-state index contributed by atoms with van der Waals surface area (Å²) in [5.41, 5.74) is 0. The predicted molar refractivity (Wildman–Crippen MR) is 78.6 cm³/mol. The van der Waals surface area contributed by atoms with E-state index >= 15 is 0 Å². The average Bonchev–Trinajstić information content (AvgIpc) is 2.86. The molecule has 0 aromatic carbocycles. The molecule has 0 aromatic heterocycles. The molecule has 0 aromatic rings. The highest BCUT2D eigenvalue weighted by Crippen LogP contribution is 2.28. The lowest BCUT2D eigenvalue weighted by molar-refractivity contribution is -0.139. The largest absolute Gasteiger partial charge is 0.480 e. The summed E-state index contributed by atoms with van der Waals surface area (Å²) in [5, 5.41) is 14.3. The van der Waals surface area contributed by atoms with Crippen molar-refractivity contribution in [2.24, 2.45) is 11.8 Å². The van der Waals surface area contributed by atoms with Crippen molar-refractivity contribution < 1.29 is 14.7 Å². The minimum absolute atomic E-state index is 0.235. The maximum Gasteiger partial charge on any atom is 0.326 e. The number of urea groups is 1. The lowest BCUT2D eigenvalue weighted by atomic mass is 10.0. The Hall–Kier alpha value is -1.26. The zero-order valence-corrected chi connectivity index (χ0v) is 12.7. The van der Waals surface area contributed by atoms with E-state index in [9.17, 15) is 9.59 Å². The van der Waals surface area contributed by atoms with Crippen LogP contribution < -0.4 is 10.6 Å². The van der Waals surface area contributed by atoms with Crippen molar-refractivity contribution in [3.63, 3.8) is 0 Å². The second-order valence-corrected chi connectivity index (χ2v) is 6.21. The van der Waals surface area contributed by atoms with Gasteiger partial charge < -0.3 is 15.7 Å². The van der Waals surface area contributed by atoms with Crippen LogP contribution in [-0.2, 0) is 4.79 Å². The zero-order chi connectivity index (χ0) is 15.0. The highest BCUT2D eigenvalue weighted by atomic mass is 16.4. The summed E-state index contributed by atoms with van der Waals surface area (Å²) in [6.07, 6.45) is 7.91. The SMILES string of the molecule is CC(C)C[C@H](NC(=O)NCCCC1CCCC1)C(=O)O. The molecular weight excluding hydrogens is 256 g/mol. The molecule has 0 radical (unpaired) electrons. The number of nitrogens with one attached hydrogen (secondary N) is 2. The minimum Gasteiger partial charge on any atom is -0.480 e. The van der Waals surface area contributed by atoms with E-state index in [4.69, 9.17) is 5.11 Å². The molecule has 0 unspecified atom stereocenters. The zero-order valence-electron chi connectivity index (χ0n) is 12.7. The standard InChI is InChI=1S/C15H28N2O3/c1-11(2)10-13(14(18)19)17-15(20)16-9-5-8-12-6-3-4-7-12/h11-13H,3-10H2,1-2H3,(H,18,19)(H2,16,17,20)/t13-/m0/s1. The van der Waals surface area contributed by atoms with E-state index in [0.717, 1.165) is 18.8 Å². The van der Waals surface area contributed by atoms with Gasteiger partial charge in [0.25, 0.3) is 0 Å². The van der Waals surface area contributed by atoms with Crippen molar-refractivity contribution in [2.45, 2.75) is 64.8 Å². The molecule has 0 saturated heterocycles. The van der Waals surface area contributed by atoms with Gasteiger partial charge in [-0.15, -0.1) is 0 Å². The Labute approximate surface area is 121 Å². The van der Waals surface area contributed by atoms with Crippen molar-refractivity contribution in [3.8, 4) is 0 Å². The maximum absolute atomic E-state index is 11.6. The summed E-state index contributed by atoms with van der Waals surface area (Å²) >= 11 is 0. The lowest BCUT2D eigenvalue weighted by Crippen LogP contribution is -2.46. The fourth-order valence-electron chi connectivity index (χ4n) is 2.79. The van der Waals surface area contributed by atoms with Crippen LogP contribution in [0.4, 0.5) is 4.79 Å². The van der Waals surface area contributed by atoms with Crippen molar-refractivity contribution in [1.82, 2.24) is 10.6 Å². The number of carbonyl (C=O) groups is 2. The van der Waals surface area contributed by atoms with Crippen LogP contribution in [0.3, 0.4) is 0 Å². The third-order valence-corrected chi connectivity index (χ3v) is 3.86. The van der Waals surface area contributed by atoms with Gasteiger partial charge in [0.1, 0.15) is 6.04 Å². The number of carbonyl (C=O) groups excluding carboxylic acids is 1. The fourth-order valence-corrected chi connectivity index (χ4v) is 2.79. The molecule has 116 valence electrons. The van der Waals surface area contributed by atoms with Crippen LogP contribution >= 0.6 is 0 Å². The molecular formula is C15H28N2O3. The lowest BCUT2D eigenvalue weighted by Gasteiger charge is -2.17. The fraction of sp³-hybridized carbons (Fsp3) is 0.867. The van der Waals surface area contributed by atoms with Crippen LogP contribution in [0.25, 0.3) is 0 Å². The van der Waals surface area contributed by atoms with Gasteiger partial charge in [0.2, 0.25) is 0 Å². The van der Waals surface area contributed by atoms with Gasteiger partial charge in [-0.1, -0.05) is 39.5 Å². The Balaban J connectivity index is 2.15. The van der Waals surface area contributed by atoms with Gasteiger partial charge in [-0.3, -0.25) is 0 Å². The molecule has 1 atom stereocenters. The molecule has 2 amide bonds.